The van der Waals surface area contributed by atoms with Gasteiger partial charge in [-0.15, -0.1) is 0 Å². The van der Waals surface area contributed by atoms with Crippen LogP contribution in [0.5, 0.6) is 5.75 Å². The van der Waals surface area contributed by atoms with E-state index >= 15 is 0 Å². The smallest absolute Gasteiger partial charge is 0.165 e. The van der Waals surface area contributed by atoms with Gasteiger partial charge in [0.15, 0.2) is 12.0 Å². The lowest BCUT2D eigenvalue weighted by molar-refractivity contribution is 0.103. The van der Waals surface area contributed by atoms with Crippen molar-refractivity contribution in [3.8, 4) is 28.3 Å². The monoisotopic (exact) mass is 452 g/mol. The number of ether oxygens (including phenoxy) is 1. The van der Waals surface area contributed by atoms with Crippen LogP contribution in [0.3, 0.4) is 0 Å². The number of aromatic nitrogens is 2. The average molecular weight is 453 g/mol. The van der Waals surface area contributed by atoms with E-state index in [0.717, 1.165) is 23.1 Å². The second kappa shape index (κ2) is 13.0. The molecule has 2 aromatic carbocycles. The zero-order chi connectivity index (χ0) is 23.5. The first kappa shape index (κ1) is 24.8. The van der Waals surface area contributed by atoms with Crippen LogP contribution >= 0.6 is 0 Å². The summed E-state index contributed by atoms with van der Waals surface area (Å²) in [6, 6.07) is 15.7. The lowest BCUT2D eigenvalue weighted by Crippen LogP contribution is -2.24. The highest BCUT2D eigenvalue weighted by Crippen LogP contribution is 2.24. The van der Waals surface area contributed by atoms with E-state index in [0.29, 0.717) is 18.0 Å². The minimum Gasteiger partial charge on any atom is -0.490 e. The molecule has 3 rings (SSSR count). The standard InChI is InChI=1S/C28H34F2N2O/c1-3-5-6-7-9-21-10-12-23(13-11-21)28-31-18-24(19-32-28)22-14-16-25(17-15-22)33-20-27(30)26(29)8-4-2/h10-19,26-27H,3-9,20H2,1-2H3/t26-,27-/m1/s1. The van der Waals surface area contributed by atoms with Crippen molar-refractivity contribution in [1.29, 1.82) is 0 Å². The molecule has 0 saturated carbocycles. The Labute approximate surface area is 196 Å². The van der Waals surface area contributed by atoms with Crippen molar-refractivity contribution in [3.05, 3.63) is 66.5 Å². The van der Waals surface area contributed by atoms with Crippen LogP contribution in [0.15, 0.2) is 60.9 Å². The van der Waals surface area contributed by atoms with Gasteiger partial charge in [-0.3, -0.25) is 0 Å². The Morgan fingerprint density at radius 2 is 1.39 bits per heavy atom. The van der Waals surface area contributed by atoms with E-state index in [2.05, 4.69) is 41.2 Å². The van der Waals surface area contributed by atoms with Gasteiger partial charge in [0.2, 0.25) is 0 Å². The van der Waals surface area contributed by atoms with Crippen molar-refractivity contribution in [2.24, 2.45) is 0 Å². The van der Waals surface area contributed by atoms with Crippen molar-refractivity contribution in [2.75, 3.05) is 6.61 Å². The third kappa shape index (κ3) is 7.62. The number of alkyl halides is 2. The van der Waals surface area contributed by atoms with E-state index in [1.807, 2.05) is 19.1 Å². The summed E-state index contributed by atoms with van der Waals surface area (Å²) in [4.78, 5) is 9.05. The number of rotatable bonds is 13. The first-order valence-electron chi connectivity index (χ1n) is 12.0. The molecule has 0 aliphatic carbocycles. The number of halogens is 2. The van der Waals surface area contributed by atoms with Crippen molar-refractivity contribution in [3.63, 3.8) is 0 Å². The van der Waals surface area contributed by atoms with E-state index in [1.54, 1.807) is 24.5 Å². The maximum Gasteiger partial charge on any atom is 0.165 e. The fourth-order valence-electron chi connectivity index (χ4n) is 3.68. The van der Waals surface area contributed by atoms with Crippen molar-refractivity contribution in [2.45, 2.75) is 71.1 Å². The molecule has 1 heterocycles. The lowest BCUT2D eigenvalue weighted by Gasteiger charge is -2.14. The molecule has 0 N–H and O–H groups in total. The van der Waals surface area contributed by atoms with E-state index in [1.165, 1.54) is 31.2 Å². The average Bonchev–Trinajstić information content (AvgIpc) is 2.86. The third-order valence-corrected chi connectivity index (χ3v) is 5.74. The van der Waals surface area contributed by atoms with E-state index in [-0.39, 0.29) is 13.0 Å². The summed E-state index contributed by atoms with van der Waals surface area (Å²) in [5.74, 6) is 1.20. The molecular weight excluding hydrogens is 418 g/mol. The molecule has 0 unspecified atom stereocenters. The fraction of sp³-hybridized carbons (Fsp3) is 0.429. The van der Waals surface area contributed by atoms with Gasteiger partial charge in [-0.2, -0.15) is 0 Å². The molecule has 3 nitrogen and oxygen atoms in total. The number of hydrogen-bond donors (Lipinski definition) is 0. The number of nitrogens with zero attached hydrogens (tertiary/aromatic N) is 2. The second-order valence-corrected chi connectivity index (χ2v) is 8.46. The van der Waals surface area contributed by atoms with Crippen LogP contribution < -0.4 is 4.74 Å². The van der Waals surface area contributed by atoms with Gasteiger partial charge >= 0.3 is 0 Å². The molecule has 5 heteroatoms. The highest BCUT2D eigenvalue weighted by Gasteiger charge is 2.20. The van der Waals surface area contributed by atoms with Gasteiger partial charge in [0.25, 0.3) is 0 Å². The summed E-state index contributed by atoms with van der Waals surface area (Å²) in [6.07, 6.45) is 7.50. The Morgan fingerprint density at radius 1 is 0.727 bits per heavy atom. The maximum absolute atomic E-state index is 13.8. The van der Waals surface area contributed by atoms with Gasteiger partial charge in [0.1, 0.15) is 18.5 Å². The molecule has 0 amide bonds. The molecule has 0 bridgehead atoms. The molecule has 0 fully saturated rings. The van der Waals surface area contributed by atoms with Gasteiger partial charge < -0.3 is 4.74 Å². The molecule has 3 aromatic rings. The van der Waals surface area contributed by atoms with E-state index in [9.17, 15) is 8.78 Å². The van der Waals surface area contributed by atoms with Crippen molar-refractivity contribution in [1.82, 2.24) is 9.97 Å². The molecule has 0 spiro atoms. The lowest BCUT2D eigenvalue weighted by atomic mass is 10.0. The second-order valence-electron chi connectivity index (χ2n) is 8.46. The zero-order valence-electron chi connectivity index (χ0n) is 19.6. The number of hydrogen-bond acceptors (Lipinski definition) is 3. The minimum atomic E-state index is -1.61. The van der Waals surface area contributed by atoms with Gasteiger partial charge in [0.05, 0.1) is 0 Å². The summed E-state index contributed by atoms with van der Waals surface area (Å²) < 4.78 is 32.7. The highest BCUT2D eigenvalue weighted by molar-refractivity contribution is 5.64. The molecule has 0 radical (unpaired) electrons. The molecule has 0 aliphatic heterocycles. The summed E-state index contributed by atoms with van der Waals surface area (Å²) in [5.41, 5.74) is 4.16. The molecule has 0 aliphatic rings. The molecular formula is C28H34F2N2O. The molecule has 33 heavy (non-hydrogen) atoms. The Morgan fingerprint density at radius 3 is 2.03 bits per heavy atom. The summed E-state index contributed by atoms with van der Waals surface area (Å²) in [6.45, 7) is 3.78. The van der Waals surface area contributed by atoms with Crippen LogP contribution in [-0.4, -0.2) is 28.9 Å². The fourth-order valence-corrected chi connectivity index (χ4v) is 3.68. The molecule has 176 valence electrons. The van der Waals surface area contributed by atoms with Gasteiger partial charge in [-0.25, -0.2) is 18.7 Å². The Hall–Kier alpha value is -2.82. The van der Waals surface area contributed by atoms with Crippen LogP contribution in [0, 0.1) is 0 Å². The van der Waals surface area contributed by atoms with Gasteiger partial charge in [-0.1, -0.05) is 75.9 Å². The SMILES string of the molecule is CCCCCCc1ccc(-c2ncc(-c3ccc(OC[C@@H](F)[C@H](F)CCC)cc3)cn2)cc1. The zero-order valence-corrected chi connectivity index (χ0v) is 19.6. The molecule has 0 saturated heterocycles. The van der Waals surface area contributed by atoms with Gasteiger partial charge in [0, 0.05) is 23.5 Å². The highest BCUT2D eigenvalue weighted by atomic mass is 19.2. The van der Waals surface area contributed by atoms with Crippen LogP contribution in [0.2, 0.25) is 0 Å². The maximum atomic E-state index is 13.8. The van der Waals surface area contributed by atoms with Crippen molar-refractivity contribution < 1.29 is 13.5 Å². The largest absolute Gasteiger partial charge is 0.490 e. The quantitative estimate of drug-likeness (QED) is 0.248. The minimum absolute atomic E-state index is 0.211. The summed E-state index contributed by atoms with van der Waals surface area (Å²) in [5, 5.41) is 0. The Balaban J connectivity index is 1.55. The normalized spacial score (nSPS) is 13.0. The van der Waals surface area contributed by atoms with Crippen LogP contribution in [0.4, 0.5) is 8.78 Å². The Bertz CT molecular complexity index is 943. The summed E-state index contributed by atoms with van der Waals surface area (Å²) in [7, 11) is 0. The predicted molar refractivity (Wildman–Crippen MR) is 131 cm³/mol. The van der Waals surface area contributed by atoms with Crippen LogP contribution in [-0.2, 0) is 6.42 Å². The predicted octanol–water partition coefficient (Wildman–Crippen LogP) is 7.79. The number of benzene rings is 2. The van der Waals surface area contributed by atoms with Crippen LogP contribution in [0.25, 0.3) is 22.5 Å². The van der Waals surface area contributed by atoms with E-state index < -0.39 is 12.3 Å². The molecule has 2 atom stereocenters. The first-order chi connectivity index (χ1) is 16.1. The number of unbranched alkanes of at least 4 members (excludes halogenated alkanes) is 3. The number of aryl methyl sites for hydroxylation is 1. The van der Waals surface area contributed by atoms with Crippen LogP contribution in [0.1, 0.15) is 57.9 Å². The summed E-state index contributed by atoms with van der Waals surface area (Å²) >= 11 is 0. The van der Waals surface area contributed by atoms with Crippen molar-refractivity contribution >= 4 is 0 Å². The Kier molecular flexibility index (Phi) is 9.79. The topological polar surface area (TPSA) is 35.0 Å². The van der Waals surface area contributed by atoms with Gasteiger partial charge in [-0.05, 0) is 42.5 Å². The molecule has 1 aromatic heterocycles. The van der Waals surface area contributed by atoms with E-state index in [4.69, 9.17) is 4.74 Å². The first-order valence-corrected chi connectivity index (χ1v) is 12.0. The third-order valence-electron chi connectivity index (χ3n) is 5.74.